The quantitative estimate of drug-likeness (QED) is 0.740. The summed E-state index contributed by atoms with van der Waals surface area (Å²) in [6.07, 6.45) is 0.790. The van der Waals surface area contributed by atoms with Gasteiger partial charge in [-0.25, -0.2) is 4.98 Å². The third-order valence-electron chi connectivity index (χ3n) is 2.91. The summed E-state index contributed by atoms with van der Waals surface area (Å²) in [5.74, 6) is 1.72. The fraction of sp³-hybridized carbons (Fsp3) is 0.733. The van der Waals surface area contributed by atoms with E-state index in [-0.39, 0.29) is 5.41 Å². The number of rotatable bonds is 8. The molecule has 0 amide bonds. The molecule has 0 bridgehead atoms. The first-order valence-corrected chi connectivity index (χ1v) is 7.20. The van der Waals surface area contributed by atoms with Crippen LogP contribution in [0, 0.1) is 6.92 Å². The minimum absolute atomic E-state index is 0.163. The van der Waals surface area contributed by atoms with Crippen molar-refractivity contribution < 1.29 is 14.2 Å². The summed E-state index contributed by atoms with van der Waals surface area (Å²) in [5.41, 5.74) is 6.55. The molecule has 0 saturated carbocycles. The summed E-state index contributed by atoms with van der Waals surface area (Å²) < 4.78 is 16.0. The molecule has 0 aliphatic carbocycles. The van der Waals surface area contributed by atoms with Gasteiger partial charge in [0.25, 0.3) is 0 Å². The number of nitrogen functional groups attached to an aromatic ring is 1. The summed E-state index contributed by atoms with van der Waals surface area (Å²) in [4.78, 5) is 8.81. The number of anilines is 1. The molecule has 2 N–H and O–H groups in total. The van der Waals surface area contributed by atoms with Gasteiger partial charge >= 0.3 is 0 Å². The van der Waals surface area contributed by atoms with E-state index in [1.165, 1.54) is 0 Å². The summed E-state index contributed by atoms with van der Waals surface area (Å²) >= 11 is 0. The second kappa shape index (κ2) is 8.14. The molecule has 120 valence electrons. The number of hydrogen-bond acceptors (Lipinski definition) is 6. The number of nitrogens with zero attached hydrogens (tertiary/aromatic N) is 2. The Morgan fingerprint density at radius 1 is 1.05 bits per heavy atom. The molecule has 0 unspecified atom stereocenters. The van der Waals surface area contributed by atoms with E-state index in [9.17, 15) is 0 Å². The van der Waals surface area contributed by atoms with E-state index < -0.39 is 0 Å². The van der Waals surface area contributed by atoms with Gasteiger partial charge < -0.3 is 19.9 Å². The summed E-state index contributed by atoms with van der Waals surface area (Å²) in [5, 5.41) is 0. The highest BCUT2D eigenvalue weighted by molar-refractivity contribution is 5.45. The molecule has 1 heterocycles. The van der Waals surface area contributed by atoms with Crippen LogP contribution < -0.4 is 10.5 Å². The summed E-state index contributed by atoms with van der Waals surface area (Å²) in [6.45, 7) is 10.4. The molecule has 1 aromatic rings. The van der Waals surface area contributed by atoms with Crippen molar-refractivity contribution in [3.63, 3.8) is 0 Å². The molecule has 0 aliphatic heterocycles. The van der Waals surface area contributed by atoms with E-state index >= 15 is 0 Å². The van der Waals surface area contributed by atoms with E-state index in [4.69, 9.17) is 19.9 Å². The predicted molar refractivity (Wildman–Crippen MR) is 82.7 cm³/mol. The van der Waals surface area contributed by atoms with Crippen molar-refractivity contribution in [1.29, 1.82) is 0 Å². The topological polar surface area (TPSA) is 79.5 Å². The van der Waals surface area contributed by atoms with Crippen LogP contribution >= 0.6 is 0 Å². The molecule has 6 heteroatoms. The van der Waals surface area contributed by atoms with Crippen LogP contribution in [0.1, 0.15) is 38.6 Å². The first-order valence-electron chi connectivity index (χ1n) is 7.20. The van der Waals surface area contributed by atoms with Crippen molar-refractivity contribution in [3.8, 4) is 5.88 Å². The van der Waals surface area contributed by atoms with Gasteiger partial charge in [0.2, 0.25) is 5.88 Å². The number of aromatic nitrogens is 2. The predicted octanol–water partition coefficient (Wildman–Crippen LogP) is 2.10. The van der Waals surface area contributed by atoms with E-state index in [1.807, 2.05) is 27.7 Å². The molecular weight excluding hydrogens is 270 g/mol. The average Bonchev–Trinajstić information content (AvgIpc) is 2.41. The average molecular weight is 297 g/mol. The number of nitrogens with two attached hydrogens (primary N) is 1. The van der Waals surface area contributed by atoms with Crippen LogP contribution in [0.4, 0.5) is 5.82 Å². The standard InChI is InChI=1S/C15H27N3O3/c1-11-12(16)17-14(15(2,3)4)18-13(11)21-8-6-7-20-10-9-19-5/h6-10H2,1-5H3,(H2,16,17,18). The fourth-order valence-corrected chi connectivity index (χ4v) is 1.56. The van der Waals surface area contributed by atoms with Crippen LogP contribution in [0.25, 0.3) is 0 Å². The Kier molecular flexibility index (Phi) is 6.84. The van der Waals surface area contributed by atoms with E-state index in [0.29, 0.717) is 43.9 Å². The van der Waals surface area contributed by atoms with Gasteiger partial charge in [-0.05, 0) is 6.92 Å². The van der Waals surface area contributed by atoms with Crippen molar-refractivity contribution in [2.75, 3.05) is 39.3 Å². The van der Waals surface area contributed by atoms with Gasteiger partial charge in [-0.3, -0.25) is 0 Å². The summed E-state index contributed by atoms with van der Waals surface area (Å²) in [7, 11) is 1.65. The first-order chi connectivity index (χ1) is 9.86. The molecule has 0 fully saturated rings. The fourth-order valence-electron chi connectivity index (χ4n) is 1.56. The molecular formula is C15H27N3O3. The zero-order valence-corrected chi connectivity index (χ0v) is 13.7. The Morgan fingerprint density at radius 2 is 1.76 bits per heavy atom. The molecule has 21 heavy (non-hydrogen) atoms. The largest absolute Gasteiger partial charge is 0.477 e. The van der Waals surface area contributed by atoms with Crippen molar-refractivity contribution in [3.05, 3.63) is 11.4 Å². The van der Waals surface area contributed by atoms with Gasteiger partial charge in [0, 0.05) is 25.6 Å². The Morgan fingerprint density at radius 3 is 2.38 bits per heavy atom. The SMILES string of the molecule is COCCOCCCOc1nc(C(C)(C)C)nc(N)c1C. The van der Waals surface area contributed by atoms with Gasteiger partial charge in [0.1, 0.15) is 11.6 Å². The van der Waals surface area contributed by atoms with E-state index in [0.717, 1.165) is 12.0 Å². The normalized spacial score (nSPS) is 11.7. The van der Waals surface area contributed by atoms with Crippen LogP contribution in [0.5, 0.6) is 5.88 Å². The van der Waals surface area contributed by atoms with Gasteiger partial charge in [-0.1, -0.05) is 20.8 Å². The number of hydrogen-bond donors (Lipinski definition) is 1. The molecule has 0 radical (unpaired) electrons. The van der Waals surface area contributed by atoms with Gasteiger partial charge in [-0.15, -0.1) is 0 Å². The maximum atomic E-state index is 5.93. The van der Waals surface area contributed by atoms with Crippen molar-refractivity contribution in [1.82, 2.24) is 9.97 Å². The Balaban J connectivity index is 2.53. The smallest absolute Gasteiger partial charge is 0.221 e. The van der Waals surface area contributed by atoms with Crippen molar-refractivity contribution in [2.45, 2.75) is 39.5 Å². The summed E-state index contributed by atoms with van der Waals surface area (Å²) in [6, 6.07) is 0. The monoisotopic (exact) mass is 297 g/mol. The van der Waals surface area contributed by atoms with E-state index in [2.05, 4.69) is 9.97 Å². The van der Waals surface area contributed by atoms with Crippen LogP contribution in [0.2, 0.25) is 0 Å². The first kappa shape index (κ1) is 17.7. The highest BCUT2D eigenvalue weighted by Gasteiger charge is 2.20. The second-order valence-electron chi connectivity index (χ2n) is 5.92. The molecule has 1 aromatic heterocycles. The lowest BCUT2D eigenvalue weighted by molar-refractivity contribution is 0.0641. The Bertz CT molecular complexity index is 445. The maximum absolute atomic E-state index is 5.93. The van der Waals surface area contributed by atoms with Crippen molar-refractivity contribution in [2.24, 2.45) is 0 Å². The number of ether oxygens (including phenoxy) is 3. The Hall–Kier alpha value is -1.40. The molecule has 0 aliphatic rings. The zero-order chi connectivity index (χ0) is 15.9. The third kappa shape index (κ3) is 5.85. The maximum Gasteiger partial charge on any atom is 0.221 e. The highest BCUT2D eigenvalue weighted by atomic mass is 16.5. The number of methoxy groups -OCH3 is 1. The lowest BCUT2D eigenvalue weighted by Crippen LogP contribution is -2.19. The van der Waals surface area contributed by atoms with Gasteiger partial charge in [0.05, 0.1) is 25.4 Å². The molecule has 0 aromatic carbocycles. The highest BCUT2D eigenvalue weighted by Crippen LogP contribution is 2.26. The van der Waals surface area contributed by atoms with Crippen LogP contribution in [-0.4, -0.2) is 43.5 Å². The minimum atomic E-state index is -0.163. The van der Waals surface area contributed by atoms with E-state index in [1.54, 1.807) is 7.11 Å². The van der Waals surface area contributed by atoms with Crippen molar-refractivity contribution >= 4 is 5.82 Å². The lowest BCUT2D eigenvalue weighted by atomic mass is 9.95. The van der Waals surface area contributed by atoms with Crippen LogP contribution in [-0.2, 0) is 14.9 Å². The molecule has 1 rings (SSSR count). The third-order valence-corrected chi connectivity index (χ3v) is 2.91. The van der Waals surface area contributed by atoms with Gasteiger partial charge in [0.15, 0.2) is 0 Å². The minimum Gasteiger partial charge on any atom is -0.477 e. The van der Waals surface area contributed by atoms with Gasteiger partial charge in [-0.2, -0.15) is 4.98 Å². The molecule has 0 spiro atoms. The lowest BCUT2D eigenvalue weighted by Gasteiger charge is -2.19. The molecule has 0 atom stereocenters. The molecule has 6 nitrogen and oxygen atoms in total. The second-order valence-corrected chi connectivity index (χ2v) is 5.92. The zero-order valence-electron chi connectivity index (χ0n) is 13.7. The Labute approximate surface area is 127 Å². The van der Waals surface area contributed by atoms with Crippen LogP contribution in [0.15, 0.2) is 0 Å². The van der Waals surface area contributed by atoms with Crippen LogP contribution in [0.3, 0.4) is 0 Å². The molecule has 0 saturated heterocycles.